The molecule has 5 heteroatoms. The Balaban J connectivity index is 1.63. The van der Waals surface area contributed by atoms with Crippen LogP contribution in [0.4, 0.5) is 0 Å². The minimum absolute atomic E-state index is 0.216. The second-order valence-electron chi connectivity index (χ2n) is 5.50. The number of aliphatic hydroxyl groups is 1. The zero-order chi connectivity index (χ0) is 13.9. The maximum Gasteiger partial charge on any atom is 0.162 e. The van der Waals surface area contributed by atoms with Gasteiger partial charge in [-0.25, -0.2) is 4.98 Å². The molecular weight excluding hydrogens is 272 g/mol. The molecule has 0 saturated carbocycles. The van der Waals surface area contributed by atoms with Gasteiger partial charge < -0.3 is 9.52 Å². The van der Waals surface area contributed by atoms with Gasteiger partial charge in [-0.3, -0.25) is 4.90 Å². The molecule has 1 aliphatic heterocycles. The number of hydrogen-bond donors (Lipinski definition) is 1. The van der Waals surface area contributed by atoms with Gasteiger partial charge in [-0.05, 0) is 44.4 Å². The lowest BCUT2D eigenvalue weighted by molar-refractivity contribution is 0.0595. The van der Waals surface area contributed by atoms with Crippen molar-refractivity contribution < 1.29 is 9.52 Å². The van der Waals surface area contributed by atoms with Crippen LogP contribution in [-0.4, -0.2) is 34.2 Å². The Morgan fingerprint density at radius 2 is 2.50 bits per heavy atom. The van der Waals surface area contributed by atoms with E-state index >= 15 is 0 Å². The number of thiazole rings is 1. The number of piperidine rings is 1. The third-order valence-electron chi connectivity index (χ3n) is 3.89. The molecular formula is C15H20N2O2S. The maximum absolute atomic E-state index is 9.74. The third-order valence-corrected chi connectivity index (χ3v) is 4.80. The normalized spacial score (nSPS) is 22.0. The molecule has 0 aliphatic carbocycles. The molecule has 1 N–H and O–H groups in total. The molecule has 1 fully saturated rings. The Hall–Kier alpha value is -1.17. The first-order valence-electron chi connectivity index (χ1n) is 7.11. The number of aliphatic hydroxyl groups excluding tert-OH is 1. The minimum Gasteiger partial charge on any atom is -0.462 e. The van der Waals surface area contributed by atoms with Crippen molar-refractivity contribution in [3.05, 3.63) is 29.5 Å². The highest BCUT2D eigenvalue weighted by Gasteiger charge is 2.23. The van der Waals surface area contributed by atoms with Crippen LogP contribution >= 0.6 is 11.3 Å². The molecule has 2 unspecified atom stereocenters. The van der Waals surface area contributed by atoms with Gasteiger partial charge in [0.05, 0.1) is 18.1 Å². The van der Waals surface area contributed by atoms with Crippen molar-refractivity contribution in [2.24, 2.45) is 5.92 Å². The summed E-state index contributed by atoms with van der Waals surface area (Å²) in [6.07, 6.45) is 3.74. The standard InChI is InChI=1S/C15H20N2O2S/c1-11(18)12-4-2-6-17(8-12)9-13-10-20-15(16-13)14-5-3-7-19-14/h3,5,7,10-12,18H,2,4,6,8-9H2,1H3. The van der Waals surface area contributed by atoms with E-state index in [0.29, 0.717) is 5.92 Å². The molecule has 2 aromatic rings. The van der Waals surface area contributed by atoms with Crippen molar-refractivity contribution in [3.8, 4) is 10.8 Å². The van der Waals surface area contributed by atoms with Gasteiger partial charge in [0.25, 0.3) is 0 Å². The van der Waals surface area contributed by atoms with E-state index in [0.717, 1.165) is 48.9 Å². The number of aromatic nitrogens is 1. The minimum atomic E-state index is -0.216. The predicted molar refractivity (Wildman–Crippen MR) is 79.5 cm³/mol. The number of nitrogens with zero attached hydrogens (tertiary/aromatic N) is 2. The summed E-state index contributed by atoms with van der Waals surface area (Å²) in [6, 6.07) is 3.82. The molecule has 108 valence electrons. The zero-order valence-corrected chi connectivity index (χ0v) is 12.5. The van der Waals surface area contributed by atoms with Gasteiger partial charge in [0.15, 0.2) is 10.8 Å². The van der Waals surface area contributed by atoms with Crippen LogP contribution in [-0.2, 0) is 6.54 Å². The van der Waals surface area contributed by atoms with Gasteiger partial charge in [-0.1, -0.05) is 0 Å². The van der Waals surface area contributed by atoms with E-state index in [1.807, 2.05) is 19.1 Å². The van der Waals surface area contributed by atoms with Gasteiger partial charge in [-0.15, -0.1) is 11.3 Å². The molecule has 0 spiro atoms. The van der Waals surface area contributed by atoms with Crippen LogP contribution in [0.25, 0.3) is 10.8 Å². The van der Waals surface area contributed by atoms with Crippen LogP contribution < -0.4 is 0 Å². The number of furan rings is 1. The van der Waals surface area contributed by atoms with E-state index in [1.54, 1.807) is 17.6 Å². The van der Waals surface area contributed by atoms with Gasteiger partial charge in [0, 0.05) is 18.5 Å². The monoisotopic (exact) mass is 292 g/mol. The van der Waals surface area contributed by atoms with Crippen LogP contribution in [0.1, 0.15) is 25.5 Å². The molecule has 0 amide bonds. The molecule has 20 heavy (non-hydrogen) atoms. The molecule has 1 saturated heterocycles. The Bertz CT molecular complexity index is 536. The summed E-state index contributed by atoms with van der Waals surface area (Å²) in [4.78, 5) is 7.03. The van der Waals surface area contributed by atoms with Crippen LogP contribution in [0.15, 0.2) is 28.2 Å². The van der Waals surface area contributed by atoms with Crippen LogP contribution in [0.5, 0.6) is 0 Å². The summed E-state index contributed by atoms with van der Waals surface area (Å²) >= 11 is 1.62. The highest BCUT2D eigenvalue weighted by atomic mass is 32.1. The van der Waals surface area contributed by atoms with Crippen molar-refractivity contribution in [3.63, 3.8) is 0 Å². The summed E-state index contributed by atoms with van der Waals surface area (Å²) in [5.41, 5.74) is 1.09. The third kappa shape index (κ3) is 3.11. The smallest absolute Gasteiger partial charge is 0.162 e. The SMILES string of the molecule is CC(O)C1CCCN(Cc2csc(-c3ccco3)n2)C1. The molecule has 0 bridgehead atoms. The van der Waals surface area contributed by atoms with Crippen molar-refractivity contribution in [1.82, 2.24) is 9.88 Å². The van der Waals surface area contributed by atoms with E-state index in [-0.39, 0.29) is 6.10 Å². The van der Waals surface area contributed by atoms with Gasteiger partial charge in [-0.2, -0.15) is 0 Å². The second-order valence-corrected chi connectivity index (χ2v) is 6.36. The average molecular weight is 292 g/mol. The topological polar surface area (TPSA) is 49.5 Å². The Morgan fingerprint density at radius 1 is 1.60 bits per heavy atom. The number of hydrogen-bond acceptors (Lipinski definition) is 5. The fraction of sp³-hybridized carbons (Fsp3) is 0.533. The highest BCUT2D eigenvalue weighted by Crippen LogP contribution is 2.26. The fourth-order valence-electron chi connectivity index (χ4n) is 2.75. The fourth-order valence-corrected chi connectivity index (χ4v) is 3.53. The summed E-state index contributed by atoms with van der Waals surface area (Å²) in [5.74, 6) is 1.23. The van der Waals surface area contributed by atoms with Gasteiger partial charge >= 0.3 is 0 Å². The lowest BCUT2D eigenvalue weighted by Crippen LogP contribution is -2.39. The molecule has 3 rings (SSSR count). The Morgan fingerprint density at radius 3 is 3.25 bits per heavy atom. The molecule has 2 aromatic heterocycles. The van der Waals surface area contributed by atoms with Gasteiger partial charge in [0.2, 0.25) is 0 Å². The van der Waals surface area contributed by atoms with Crippen molar-refractivity contribution in [1.29, 1.82) is 0 Å². The molecule has 0 radical (unpaired) electrons. The van der Waals surface area contributed by atoms with Crippen molar-refractivity contribution >= 4 is 11.3 Å². The summed E-state index contributed by atoms with van der Waals surface area (Å²) in [5, 5.41) is 12.8. The lowest BCUT2D eigenvalue weighted by Gasteiger charge is -2.33. The van der Waals surface area contributed by atoms with Crippen molar-refractivity contribution in [2.45, 2.75) is 32.4 Å². The highest BCUT2D eigenvalue weighted by molar-refractivity contribution is 7.13. The van der Waals surface area contributed by atoms with Crippen LogP contribution in [0.3, 0.4) is 0 Å². The molecule has 3 heterocycles. The van der Waals surface area contributed by atoms with E-state index in [4.69, 9.17) is 4.42 Å². The van der Waals surface area contributed by atoms with Gasteiger partial charge in [0.1, 0.15) is 0 Å². The number of likely N-dealkylation sites (tertiary alicyclic amines) is 1. The molecule has 0 aromatic carbocycles. The Labute approximate surface area is 123 Å². The van der Waals surface area contributed by atoms with Crippen LogP contribution in [0.2, 0.25) is 0 Å². The largest absolute Gasteiger partial charge is 0.462 e. The zero-order valence-electron chi connectivity index (χ0n) is 11.7. The summed E-state index contributed by atoms with van der Waals surface area (Å²) < 4.78 is 5.37. The van der Waals surface area contributed by atoms with Crippen molar-refractivity contribution in [2.75, 3.05) is 13.1 Å². The van der Waals surface area contributed by atoms with E-state index in [1.165, 1.54) is 0 Å². The maximum atomic E-state index is 9.74. The van der Waals surface area contributed by atoms with E-state index < -0.39 is 0 Å². The summed E-state index contributed by atoms with van der Waals surface area (Å²) in [6.45, 7) is 4.81. The van der Waals surface area contributed by atoms with E-state index in [9.17, 15) is 5.11 Å². The quantitative estimate of drug-likeness (QED) is 0.941. The predicted octanol–water partition coefficient (Wildman–Crippen LogP) is 3.00. The lowest BCUT2D eigenvalue weighted by atomic mass is 9.93. The first-order chi connectivity index (χ1) is 9.72. The second kappa shape index (κ2) is 6.08. The first kappa shape index (κ1) is 13.8. The van der Waals surface area contributed by atoms with Crippen LogP contribution in [0, 0.1) is 5.92 Å². The first-order valence-corrected chi connectivity index (χ1v) is 7.99. The number of rotatable bonds is 4. The van der Waals surface area contributed by atoms with E-state index in [2.05, 4.69) is 15.3 Å². The summed E-state index contributed by atoms with van der Waals surface area (Å²) in [7, 11) is 0. The molecule has 4 nitrogen and oxygen atoms in total. The Kier molecular flexibility index (Phi) is 4.19. The molecule has 2 atom stereocenters. The molecule has 1 aliphatic rings. The average Bonchev–Trinajstić information content (AvgIpc) is 3.09.